The molecule has 1 saturated heterocycles. The molecular formula is C14H21N3O3S. The van der Waals surface area contributed by atoms with E-state index in [1.807, 2.05) is 19.1 Å². The number of hydrogen-bond acceptors (Lipinski definition) is 4. The Morgan fingerprint density at radius 3 is 2.67 bits per heavy atom. The number of sulfonamides is 1. The molecular weight excluding hydrogens is 290 g/mol. The van der Waals surface area contributed by atoms with E-state index in [2.05, 4.69) is 10.3 Å². The molecule has 6 nitrogen and oxygen atoms in total. The highest BCUT2D eigenvalue weighted by Gasteiger charge is 2.30. The molecule has 0 atom stereocenters. The highest BCUT2D eigenvalue weighted by Crippen LogP contribution is 2.21. The smallest absolute Gasteiger partial charge is 0.228 e. The van der Waals surface area contributed by atoms with Gasteiger partial charge in [0, 0.05) is 25.2 Å². The highest BCUT2D eigenvalue weighted by atomic mass is 32.2. The van der Waals surface area contributed by atoms with Gasteiger partial charge in [-0.3, -0.25) is 4.79 Å². The SMILES string of the molecule is CCS(=O)(=O)N1CCC(C(=O)Nc2ncccc2C)CC1. The van der Waals surface area contributed by atoms with Crippen molar-refractivity contribution < 1.29 is 13.2 Å². The van der Waals surface area contributed by atoms with E-state index in [4.69, 9.17) is 0 Å². The van der Waals surface area contributed by atoms with Gasteiger partial charge in [-0.15, -0.1) is 0 Å². The average molecular weight is 311 g/mol. The standard InChI is InChI=1S/C14H21N3O3S/c1-3-21(19,20)17-9-6-12(7-10-17)14(18)16-13-11(2)5-4-8-15-13/h4-5,8,12H,3,6-7,9-10H2,1-2H3,(H,15,16,18). The van der Waals surface area contributed by atoms with Gasteiger partial charge < -0.3 is 5.32 Å². The van der Waals surface area contributed by atoms with Gasteiger partial charge in [0.2, 0.25) is 15.9 Å². The monoisotopic (exact) mass is 311 g/mol. The zero-order chi connectivity index (χ0) is 15.5. The first-order valence-corrected chi connectivity index (χ1v) is 8.75. The Kier molecular flexibility index (Phi) is 4.95. The molecule has 0 saturated carbocycles. The van der Waals surface area contributed by atoms with Gasteiger partial charge >= 0.3 is 0 Å². The largest absolute Gasteiger partial charge is 0.310 e. The summed E-state index contributed by atoms with van der Waals surface area (Å²) in [6.45, 7) is 4.35. The molecule has 21 heavy (non-hydrogen) atoms. The minimum Gasteiger partial charge on any atom is -0.310 e. The molecule has 0 bridgehead atoms. The van der Waals surface area contributed by atoms with E-state index in [9.17, 15) is 13.2 Å². The summed E-state index contributed by atoms with van der Waals surface area (Å²) < 4.78 is 25.0. The molecule has 1 fully saturated rings. The van der Waals surface area contributed by atoms with Gasteiger partial charge in [0.1, 0.15) is 5.82 Å². The second kappa shape index (κ2) is 6.53. The zero-order valence-electron chi connectivity index (χ0n) is 12.4. The first-order chi connectivity index (χ1) is 9.94. The fraction of sp³-hybridized carbons (Fsp3) is 0.571. The summed E-state index contributed by atoms with van der Waals surface area (Å²) in [5.74, 6) is 0.447. The van der Waals surface area contributed by atoms with Crippen LogP contribution in [0.1, 0.15) is 25.3 Å². The summed E-state index contributed by atoms with van der Waals surface area (Å²) in [5.41, 5.74) is 0.914. The van der Waals surface area contributed by atoms with Crippen molar-refractivity contribution in [3.8, 4) is 0 Å². The van der Waals surface area contributed by atoms with E-state index in [1.54, 1.807) is 13.1 Å². The number of rotatable bonds is 4. The van der Waals surface area contributed by atoms with E-state index < -0.39 is 10.0 Å². The molecule has 7 heteroatoms. The third kappa shape index (κ3) is 3.79. The molecule has 116 valence electrons. The van der Waals surface area contributed by atoms with Crippen molar-refractivity contribution in [3.05, 3.63) is 23.9 Å². The van der Waals surface area contributed by atoms with Crippen molar-refractivity contribution in [2.24, 2.45) is 5.92 Å². The molecule has 0 radical (unpaired) electrons. The third-order valence-electron chi connectivity index (χ3n) is 3.83. The Balaban J connectivity index is 1.94. The molecule has 2 heterocycles. The molecule has 0 aliphatic carbocycles. The number of aryl methyl sites for hydroxylation is 1. The fourth-order valence-electron chi connectivity index (χ4n) is 2.41. The second-order valence-electron chi connectivity index (χ2n) is 5.23. The third-order valence-corrected chi connectivity index (χ3v) is 5.72. The zero-order valence-corrected chi connectivity index (χ0v) is 13.2. The summed E-state index contributed by atoms with van der Waals surface area (Å²) in [6.07, 6.45) is 2.74. The van der Waals surface area contributed by atoms with Crippen LogP contribution in [0, 0.1) is 12.8 Å². The van der Waals surface area contributed by atoms with Crippen LogP contribution < -0.4 is 5.32 Å². The molecule has 1 aliphatic heterocycles. The number of pyridine rings is 1. The Labute approximate surface area is 125 Å². The lowest BCUT2D eigenvalue weighted by atomic mass is 9.97. The van der Waals surface area contributed by atoms with E-state index >= 15 is 0 Å². The van der Waals surface area contributed by atoms with Crippen LogP contribution in [0.3, 0.4) is 0 Å². The van der Waals surface area contributed by atoms with Crippen LogP contribution in [-0.2, 0) is 14.8 Å². The number of piperidine rings is 1. The number of nitrogens with zero attached hydrogens (tertiary/aromatic N) is 2. The summed E-state index contributed by atoms with van der Waals surface area (Å²) in [6, 6.07) is 3.71. The van der Waals surface area contributed by atoms with Crippen LogP contribution in [0.2, 0.25) is 0 Å². The van der Waals surface area contributed by atoms with Gasteiger partial charge in [-0.1, -0.05) is 6.07 Å². The quantitative estimate of drug-likeness (QED) is 0.911. The number of nitrogens with one attached hydrogen (secondary N) is 1. The van der Waals surface area contributed by atoms with E-state index in [0.29, 0.717) is 31.7 Å². The lowest BCUT2D eigenvalue weighted by Gasteiger charge is -2.30. The molecule has 1 amide bonds. The molecule has 1 aromatic heterocycles. The Hall–Kier alpha value is -1.47. The molecule has 1 aromatic rings. The molecule has 1 aliphatic rings. The predicted octanol–water partition coefficient (Wildman–Crippen LogP) is 1.39. The topological polar surface area (TPSA) is 79.4 Å². The van der Waals surface area contributed by atoms with Crippen molar-refractivity contribution in [2.45, 2.75) is 26.7 Å². The van der Waals surface area contributed by atoms with Crippen LogP contribution >= 0.6 is 0 Å². The minimum atomic E-state index is -3.15. The summed E-state index contributed by atoms with van der Waals surface area (Å²) in [4.78, 5) is 16.4. The van der Waals surface area contributed by atoms with Gasteiger partial charge in [0.15, 0.2) is 0 Å². The molecule has 1 N–H and O–H groups in total. The molecule has 0 aromatic carbocycles. The number of hydrogen-bond donors (Lipinski definition) is 1. The summed E-state index contributed by atoms with van der Waals surface area (Å²) in [7, 11) is -3.15. The highest BCUT2D eigenvalue weighted by molar-refractivity contribution is 7.89. The van der Waals surface area contributed by atoms with Crippen molar-refractivity contribution in [2.75, 3.05) is 24.2 Å². The summed E-state index contributed by atoms with van der Waals surface area (Å²) >= 11 is 0. The van der Waals surface area contributed by atoms with Crippen molar-refractivity contribution in [3.63, 3.8) is 0 Å². The lowest BCUT2D eigenvalue weighted by Crippen LogP contribution is -2.42. The normalized spacial score (nSPS) is 17.6. The van der Waals surface area contributed by atoms with Crippen LogP contribution in [0.4, 0.5) is 5.82 Å². The van der Waals surface area contributed by atoms with E-state index in [0.717, 1.165) is 5.56 Å². The van der Waals surface area contributed by atoms with Crippen LogP contribution in [0.5, 0.6) is 0 Å². The van der Waals surface area contributed by atoms with Crippen LogP contribution in [0.15, 0.2) is 18.3 Å². The Bertz CT molecular complexity index is 608. The fourth-order valence-corrected chi connectivity index (χ4v) is 3.55. The minimum absolute atomic E-state index is 0.0784. The van der Waals surface area contributed by atoms with Crippen molar-refractivity contribution in [1.29, 1.82) is 0 Å². The van der Waals surface area contributed by atoms with Gasteiger partial charge in [0.25, 0.3) is 0 Å². The second-order valence-corrected chi connectivity index (χ2v) is 7.49. The van der Waals surface area contributed by atoms with Crippen LogP contribution in [-0.4, -0.2) is 42.5 Å². The van der Waals surface area contributed by atoms with E-state index in [-0.39, 0.29) is 17.6 Å². The van der Waals surface area contributed by atoms with Crippen molar-refractivity contribution in [1.82, 2.24) is 9.29 Å². The van der Waals surface area contributed by atoms with Crippen LogP contribution in [0.25, 0.3) is 0 Å². The first kappa shape index (κ1) is 15.9. The molecule has 2 rings (SSSR count). The number of aromatic nitrogens is 1. The number of anilines is 1. The Morgan fingerprint density at radius 1 is 1.43 bits per heavy atom. The number of carbonyl (C=O) groups excluding carboxylic acids is 1. The predicted molar refractivity (Wildman–Crippen MR) is 81.4 cm³/mol. The average Bonchev–Trinajstić information content (AvgIpc) is 2.49. The number of amides is 1. The molecule has 0 spiro atoms. The van der Waals surface area contributed by atoms with Crippen molar-refractivity contribution >= 4 is 21.7 Å². The van der Waals surface area contributed by atoms with Gasteiger partial charge in [-0.05, 0) is 38.3 Å². The maximum absolute atomic E-state index is 12.2. The van der Waals surface area contributed by atoms with E-state index in [1.165, 1.54) is 4.31 Å². The maximum atomic E-state index is 12.2. The summed E-state index contributed by atoms with van der Waals surface area (Å²) in [5, 5.41) is 2.83. The van der Waals surface area contributed by atoms with Gasteiger partial charge in [-0.2, -0.15) is 0 Å². The molecule has 0 unspecified atom stereocenters. The Morgan fingerprint density at radius 2 is 2.10 bits per heavy atom. The lowest BCUT2D eigenvalue weighted by molar-refractivity contribution is -0.120. The van der Waals surface area contributed by atoms with Gasteiger partial charge in [0.05, 0.1) is 5.75 Å². The maximum Gasteiger partial charge on any atom is 0.228 e. The first-order valence-electron chi connectivity index (χ1n) is 7.14. The number of carbonyl (C=O) groups is 1. The van der Waals surface area contributed by atoms with Gasteiger partial charge in [-0.25, -0.2) is 17.7 Å².